The molecule has 5 nitrogen and oxygen atoms in total. The fourth-order valence-corrected chi connectivity index (χ4v) is 2.68. The van der Waals surface area contributed by atoms with Crippen molar-refractivity contribution in [2.75, 3.05) is 20.0 Å². The normalized spacial score (nSPS) is 13.9. The predicted molar refractivity (Wildman–Crippen MR) is 78.2 cm³/mol. The van der Waals surface area contributed by atoms with Crippen LogP contribution < -0.4 is 15.2 Å². The van der Waals surface area contributed by atoms with Gasteiger partial charge in [0, 0.05) is 23.0 Å². The molecular formula is C15H19N3O2. The van der Waals surface area contributed by atoms with Crippen molar-refractivity contribution in [3.8, 4) is 22.9 Å². The first-order valence-corrected chi connectivity index (χ1v) is 6.82. The summed E-state index contributed by atoms with van der Waals surface area (Å²) in [6.07, 6.45) is 4.53. The minimum Gasteiger partial charge on any atom is -0.493 e. The lowest BCUT2D eigenvalue weighted by Crippen LogP contribution is -2.00. The van der Waals surface area contributed by atoms with E-state index in [0.29, 0.717) is 17.2 Å². The summed E-state index contributed by atoms with van der Waals surface area (Å²) in [4.78, 5) is 8.07. The highest BCUT2D eigenvalue weighted by Gasteiger charge is 2.18. The molecule has 0 fully saturated rings. The van der Waals surface area contributed by atoms with Gasteiger partial charge in [0.2, 0.25) is 0 Å². The van der Waals surface area contributed by atoms with E-state index in [1.807, 2.05) is 6.07 Å². The van der Waals surface area contributed by atoms with E-state index in [9.17, 15) is 0 Å². The maximum Gasteiger partial charge on any atom is 0.162 e. The number of aromatic nitrogens is 2. The molecule has 5 heteroatoms. The highest BCUT2D eigenvalue weighted by Crippen LogP contribution is 2.37. The Labute approximate surface area is 118 Å². The van der Waals surface area contributed by atoms with Crippen molar-refractivity contribution in [3.63, 3.8) is 0 Å². The van der Waals surface area contributed by atoms with E-state index in [0.717, 1.165) is 24.2 Å². The van der Waals surface area contributed by atoms with E-state index in [2.05, 4.69) is 9.97 Å². The summed E-state index contributed by atoms with van der Waals surface area (Å²) in [5.41, 5.74) is 10.0. The number of benzene rings is 1. The second kappa shape index (κ2) is 5.07. The van der Waals surface area contributed by atoms with Crippen LogP contribution in [0.4, 0.5) is 5.69 Å². The Kier molecular flexibility index (Phi) is 3.26. The van der Waals surface area contributed by atoms with Gasteiger partial charge in [0.05, 0.1) is 19.9 Å². The number of nitrogens with one attached hydrogen (secondary N) is 1. The minimum absolute atomic E-state index is 0.630. The molecule has 0 saturated heterocycles. The zero-order chi connectivity index (χ0) is 14.1. The SMILES string of the molecule is COc1cc(N)c(-c2nc3c([nH]2)CCCC3)cc1OC. The lowest BCUT2D eigenvalue weighted by Gasteiger charge is -2.11. The molecule has 1 aliphatic carbocycles. The van der Waals surface area contributed by atoms with Gasteiger partial charge in [0.25, 0.3) is 0 Å². The lowest BCUT2D eigenvalue weighted by atomic mass is 10.0. The Balaban J connectivity index is 2.07. The standard InChI is InChI=1S/C15H19N3O2/c1-19-13-7-9(10(16)8-14(13)20-2)15-17-11-5-3-4-6-12(11)18-15/h7-8H,3-6,16H2,1-2H3,(H,17,18). The van der Waals surface area contributed by atoms with Gasteiger partial charge >= 0.3 is 0 Å². The third-order valence-electron chi connectivity index (χ3n) is 3.77. The number of anilines is 1. The molecule has 0 radical (unpaired) electrons. The number of H-pyrrole nitrogens is 1. The van der Waals surface area contributed by atoms with Crippen molar-refractivity contribution >= 4 is 5.69 Å². The van der Waals surface area contributed by atoms with E-state index >= 15 is 0 Å². The Morgan fingerprint density at radius 1 is 1.10 bits per heavy atom. The topological polar surface area (TPSA) is 73.2 Å². The van der Waals surface area contributed by atoms with Crippen LogP contribution in [0.5, 0.6) is 11.5 Å². The number of nitrogens with zero attached hydrogens (tertiary/aromatic N) is 1. The monoisotopic (exact) mass is 273 g/mol. The summed E-state index contributed by atoms with van der Waals surface area (Å²) < 4.78 is 10.6. The van der Waals surface area contributed by atoms with Crippen LogP contribution in [0.15, 0.2) is 12.1 Å². The number of ether oxygens (including phenoxy) is 2. The van der Waals surface area contributed by atoms with E-state index < -0.39 is 0 Å². The van der Waals surface area contributed by atoms with Crippen molar-refractivity contribution in [1.29, 1.82) is 0 Å². The van der Waals surface area contributed by atoms with Crippen LogP contribution in [0.25, 0.3) is 11.4 Å². The molecule has 0 aliphatic heterocycles. The van der Waals surface area contributed by atoms with Gasteiger partial charge in [-0.15, -0.1) is 0 Å². The molecule has 0 saturated carbocycles. The third-order valence-corrected chi connectivity index (χ3v) is 3.77. The number of hydrogen-bond acceptors (Lipinski definition) is 4. The Morgan fingerprint density at radius 2 is 1.80 bits per heavy atom. The molecule has 106 valence electrons. The second-order valence-electron chi connectivity index (χ2n) is 5.01. The number of hydrogen-bond donors (Lipinski definition) is 2. The first-order chi connectivity index (χ1) is 9.72. The molecule has 20 heavy (non-hydrogen) atoms. The molecule has 1 aromatic heterocycles. The van der Waals surface area contributed by atoms with Gasteiger partial charge in [-0.25, -0.2) is 4.98 Å². The van der Waals surface area contributed by atoms with Crippen molar-refractivity contribution in [2.24, 2.45) is 0 Å². The number of fused-ring (bicyclic) bond motifs is 1. The Morgan fingerprint density at radius 3 is 2.50 bits per heavy atom. The van der Waals surface area contributed by atoms with Gasteiger partial charge < -0.3 is 20.2 Å². The van der Waals surface area contributed by atoms with Crippen molar-refractivity contribution in [1.82, 2.24) is 9.97 Å². The molecule has 1 aromatic carbocycles. The van der Waals surface area contributed by atoms with Crippen LogP contribution in [-0.4, -0.2) is 24.2 Å². The smallest absolute Gasteiger partial charge is 0.162 e. The van der Waals surface area contributed by atoms with Gasteiger partial charge in [0.1, 0.15) is 5.82 Å². The van der Waals surface area contributed by atoms with E-state index in [4.69, 9.17) is 15.2 Å². The summed E-state index contributed by atoms with van der Waals surface area (Å²) in [5.74, 6) is 2.10. The first kappa shape index (κ1) is 12.8. The van der Waals surface area contributed by atoms with E-state index in [1.165, 1.54) is 24.2 Å². The fraction of sp³-hybridized carbons (Fsp3) is 0.400. The zero-order valence-electron chi connectivity index (χ0n) is 11.8. The van der Waals surface area contributed by atoms with Crippen molar-refractivity contribution < 1.29 is 9.47 Å². The maximum atomic E-state index is 6.11. The Hall–Kier alpha value is -2.17. The third kappa shape index (κ3) is 2.09. The first-order valence-electron chi connectivity index (χ1n) is 6.82. The molecule has 0 amide bonds. The highest BCUT2D eigenvalue weighted by atomic mass is 16.5. The molecule has 1 heterocycles. The van der Waals surface area contributed by atoms with Crippen molar-refractivity contribution in [2.45, 2.75) is 25.7 Å². The largest absolute Gasteiger partial charge is 0.493 e. The molecule has 1 aliphatic rings. The Bertz CT molecular complexity index is 611. The number of methoxy groups -OCH3 is 2. The minimum atomic E-state index is 0.630. The second-order valence-corrected chi connectivity index (χ2v) is 5.01. The van der Waals surface area contributed by atoms with Crippen LogP contribution in [0, 0.1) is 0 Å². The fourth-order valence-electron chi connectivity index (χ4n) is 2.68. The van der Waals surface area contributed by atoms with Crippen LogP contribution in [0.2, 0.25) is 0 Å². The predicted octanol–water partition coefficient (Wildman–Crippen LogP) is 2.55. The average Bonchev–Trinajstić information content (AvgIpc) is 2.90. The molecule has 2 aromatic rings. The summed E-state index contributed by atoms with van der Waals surface area (Å²) in [6.45, 7) is 0. The average molecular weight is 273 g/mol. The summed E-state index contributed by atoms with van der Waals surface area (Å²) in [6, 6.07) is 3.65. The van der Waals surface area contributed by atoms with Crippen LogP contribution in [0.3, 0.4) is 0 Å². The molecule has 0 bridgehead atoms. The summed E-state index contributed by atoms with van der Waals surface area (Å²) >= 11 is 0. The summed E-state index contributed by atoms with van der Waals surface area (Å²) in [7, 11) is 3.22. The number of aromatic amines is 1. The molecule has 3 rings (SSSR count). The zero-order valence-corrected chi connectivity index (χ0v) is 11.8. The van der Waals surface area contributed by atoms with Gasteiger partial charge in [-0.3, -0.25) is 0 Å². The van der Waals surface area contributed by atoms with E-state index in [-0.39, 0.29) is 0 Å². The van der Waals surface area contributed by atoms with Crippen molar-refractivity contribution in [3.05, 3.63) is 23.5 Å². The van der Waals surface area contributed by atoms with Gasteiger partial charge in [-0.1, -0.05) is 0 Å². The van der Waals surface area contributed by atoms with Crippen LogP contribution >= 0.6 is 0 Å². The molecule has 3 N–H and O–H groups in total. The van der Waals surface area contributed by atoms with E-state index in [1.54, 1.807) is 20.3 Å². The number of aryl methyl sites for hydroxylation is 2. The maximum absolute atomic E-state index is 6.11. The molecule has 0 unspecified atom stereocenters. The lowest BCUT2D eigenvalue weighted by molar-refractivity contribution is 0.355. The van der Waals surface area contributed by atoms with Gasteiger partial charge in [-0.05, 0) is 31.7 Å². The quantitative estimate of drug-likeness (QED) is 0.843. The molecular weight excluding hydrogens is 254 g/mol. The number of nitrogens with two attached hydrogens (primary N) is 1. The number of rotatable bonds is 3. The number of nitrogen functional groups attached to an aromatic ring is 1. The summed E-state index contributed by atoms with van der Waals surface area (Å²) in [5, 5.41) is 0. The number of imidazole rings is 1. The van der Waals surface area contributed by atoms with Gasteiger partial charge in [0.15, 0.2) is 11.5 Å². The molecule has 0 atom stereocenters. The van der Waals surface area contributed by atoms with Gasteiger partial charge in [-0.2, -0.15) is 0 Å². The highest BCUT2D eigenvalue weighted by molar-refractivity contribution is 5.76. The van der Waals surface area contributed by atoms with Crippen LogP contribution in [0.1, 0.15) is 24.2 Å². The molecule has 0 spiro atoms. The van der Waals surface area contributed by atoms with Crippen LogP contribution in [-0.2, 0) is 12.8 Å².